The van der Waals surface area contributed by atoms with Crippen molar-refractivity contribution in [3.05, 3.63) is 35.9 Å². The Bertz CT molecular complexity index is 554. The summed E-state index contributed by atoms with van der Waals surface area (Å²) in [6, 6.07) is 9.39. The third-order valence-corrected chi connectivity index (χ3v) is 4.73. The average molecular weight is 346 g/mol. The molecule has 0 bridgehead atoms. The topological polar surface area (TPSA) is 73.5 Å². The number of hydrogen-bond acceptors (Lipinski definition) is 3. The van der Waals surface area contributed by atoms with Crippen LogP contribution in [0.15, 0.2) is 30.3 Å². The van der Waals surface area contributed by atoms with Gasteiger partial charge in [0.25, 0.3) is 0 Å². The second kappa shape index (κ2) is 9.42. The predicted molar refractivity (Wildman–Crippen MR) is 99.1 cm³/mol. The lowest BCUT2D eigenvalue weighted by Crippen LogP contribution is -2.55. The van der Waals surface area contributed by atoms with Gasteiger partial charge in [0.1, 0.15) is 6.04 Å². The van der Waals surface area contributed by atoms with Crippen LogP contribution in [0.5, 0.6) is 0 Å². The van der Waals surface area contributed by atoms with Gasteiger partial charge in [-0.2, -0.15) is 0 Å². The van der Waals surface area contributed by atoms with Crippen molar-refractivity contribution in [1.82, 2.24) is 20.9 Å². The number of nitrogens with one attached hydrogen (secondary N) is 3. The zero-order chi connectivity index (χ0) is 18.2. The molecule has 1 fully saturated rings. The normalized spacial score (nSPS) is 16.6. The van der Waals surface area contributed by atoms with Crippen molar-refractivity contribution in [3.8, 4) is 0 Å². The first kappa shape index (κ1) is 19.2. The van der Waals surface area contributed by atoms with Gasteiger partial charge in [-0.1, -0.05) is 44.2 Å². The SMILES string of the molecule is CNC1CCN(C(=O)C(NC(=O)NCc2ccccc2)C(C)C)CC1. The number of likely N-dealkylation sites (tertiary alicyclic amines) is 1. The fraction of sp³-hybridized carbons (Fsp3) is 0.579. The summed E-state index contributed by atoms with van der Waals surface area (Å²) in [6.45, 7) is 5.84. The van der Waals surface area contributed by atoms with Crippen molar-refractivity contribution in [1.29, 1.82) is 0 Å². The molecule has 0 radical (unpaired) electrons. The smallest absolute Gasteiger partial charge is 0.315 e. The highest BCUT2D eigenvalue weighted by Crippen LogP contribution is 2.14. The largest absolute Gasteiger partial charge is 0.341 e. The first-order valence-corrected chi connectivity index (χ1v) is 9.05. The van der Waals surface area contributed by atoms with Crippen molar-refractivity contribution in [2.45, 2.75) is 45.3 Å². The molecule has 138 valence electrons. The van der Waals surface area contributed by atoms with Crippen LogP contribution in [0.1, 0.15) is 32.3 Å². The Morgan fingerprint density at radius 2 is 1.80 bits per heavy atom. The fourth-order valence-electron chi connectivity index (χ4n) is 3.07. The number of urea groups is 1. The molecule has 6 heteroatoms. The number of nitrogens with zero attached hydrogens (tertiary/aromatic N) is 1. The van der Waals surface area contributed by atoms with E-state index in [0.29, 0.717) is 12.6 Å². The number of piperidine rings is 1. The highest BCUT2D eigenvalue weighted by atomic mass is 16.2. The highest BCUT2D eigenvalue weighted by molar-refractivity contribution is 5.87. The molecule has 6 nitrogen and oxygen atoms in total. The van der Waals surface area contributed by atoms with Gasteiger partial charge in [-0.25, -0.2) is 4.79 Å². The maximum Gasteiger partial charge on any atom is 0.315 e. The van der Waals surface area contributed by atoms with Crippen LogP contribution in [-0.2, 0) is 11.3 Å². The Morgan fingerprint density at radius 3 is 2.36 bits per heavy atom. The van der Waals surface area contributed by atoms with Crippen molar-refractivity contribution in [2.24, 2.45) is 5.92 Å². The Balaban J connectivity index is 1.87. The third kappa shape index (κ3) is 5.74. The number of rotatable bonds is 6. The number of carbonyl (C=O) groups excluding carboxylic acids is 2. The fourth-order valence-corrected chi connectivity index (χ4v) is 3.07. The summed E-state index contributed by atoms with van der Waals surface area (Å²) in [5.74, 6) is 0.0522. The lowest BCUT2D eigenvalue weighted by Gasteiger charge is -2.35. The van der Waals surface area contributed by atoms with Crippen molar-refractivity contribution in [3.63, 3.8) is 0 Å². The van der Waals surface area contributed by atoms with E-state index in [1.165, 1.54) is 0 Å². The molecule has 1 aromatic rings. The molecule has 1 aliphatic rings. The summed E-state index contributed by atoms with van der Waals surface area (Å²) >= 11 is 0. The number of amides is 3. The molecule has 1 atom stereocenters. The predicted octanol–water partition coefficient (Wildman–Crippen LogP) is 1.72. The lowest BCUT2D eigenvalue weighted by atomic mass is 10.00. The maximum absolute atomic E-state index is 12.8. The summed E-state index contributed by atoms with van der Waals surface area (Å²) in [5, 5.41) is 8.94. The van der Waals surface area contributed by atoms with Gasteiger partial charge in [-0.15, -0.1) is 0 Å². The van der Waals surface area contributed by atoms with Gasteiger partial charge in [0, 0.05) is 25.7 Å². The molecule has 1 saturated heterocycles. The van der Waals surface area contributed by atoms with Crippen LogP contribution in [0.25, 0.3) is 0 Å². The molecule has 0 aromatic heterocycles. The number of hydrogen-bond donors (Lipinski definition) is 3. The molecule has 1 unspecified atom stereocenters. The Labute approximate surface area is 150 Å². The minimum Gasteiger partial charge on any atom is -0.341 e. The van der Waals surface area contributed by atoms with E-state index < -0.39 is 6.04 Å². The molecule has 1 aromatic carbocycles. The van der Waals surface area contributed by atoms with Gasteiger partial charge in [0.15, 0.2) is 0 Å². The minimum atomic E-state index is -0.498. The van der Waals surface area contributed by atoms with Crippen molar-refractivity contribution < 1.29 is 9.59 Å². The van der Waals surface area contributed by atoms with Crippen LogP contribution in [-0.4, -0.2) is 49.1 Å². The molecule has 2 rings (SSSR count). The third-order valence-electron chi connectivity index (χ3n) is 4.73. The molecule has 1 aliphatic heterocycles. The molecular weight excluding hydrogens is 316 g/mol. The molecular formula is C19H30N4O2. The molecule has 0 aliphatic carbocycles. The van der Waals surface area contributed by atoms with E-state index in [4.69, 9.17) is 0 Å². The van der Waals surface area contributed by atoms with Crippen LogP contribution in [0.3, 0.4) is 0 Å². The van der Waals surface area contributed by atoms with Gasteiger partial charge in [0.05, 0.1) is 0 Å². The number of carbonyl (C=O) groups is 2. The summed E-state index contributed by atoms with van der Waals surface area (Å²) < 4.78 is 0. The highest BCUT2D eigenvalue weighted by Gasteiger charge is 2.30. The second-order valence-corrected chi connectivity index (χ2v) is 6.92. The molecule has 25 heavy (non-hydrogen) atoms. The van der Waals surface area contributed by atoms with Crippen LogP contribution in [0.4, 0.5) is 4.79 Å². The first-order valence-electron chi connectivity index (χ1n) is 9.05. The van der Waals surface area contributed by atoms with Crippen LogP contribution >= 0.6 is 0 Å². The number of benzene rings is 1. The van der Waals surface area contributed by atoms with E-state index in [2.05, 4.69) is 16.0 Å². The molecule has 0 saturated carbocycles. The van der Waals surface area contributed by atoms with Crippen LogP contribution in [0.2, 0.25) is 0 Å². The van der Waals surface area contributed by atoms with E-state index in [9.17, 15) is 9.59 Å². The van der Waals surface area contributed by atoms with Crippen LogP contribution in [0, 0.1) is 5.92 Å². The van der Waals surface area contributed by atoms with E-state index in [-0.39, 0.29) is 17.9 Å². The summed E-state index contributed by atoms with van der Waals surface area (Å²) in [4.78, 5) is 26.9. The second-order valence-electron chi connectivity index (χ2n) is 6.92. The van der Waals surface area contributed by atoms with Gasteiger partial charge in [-0.3, -0.25) is 4.79 Å². The minimum absolute atomic E-state index is 0.0133. The van der Waals surface area contributed by atoms with Crippen molar-refractivity contribution in [2.75, 3.05) is 20.1 Å². The summed E-state index contributed by atoms with van der Waals surface area (Å²) in [7, 11) is 1.96. The molecule has 1 heterocycles. The molecule has 0 spiro atoms. The van der Waals surface area contributed by atoms with E-state index in [1.807, 2.05) is 56.1 Å². The average Bonchev–Trinajstić information content (AvgIpc) is 2.64. The van der Waals surface area contributed by atoms with E-state index in [1.54, 1.807) is 0 Å². The molecule has 3 amide bonds. The Morgan fingerprint density at radius 1 is 1.16 bits per heavy atom. The van der Waals surface area contributed by atoms with Crippen molar-refractivity contribution >= 4 is 11.9 Å². The monoisotopic (exact) mass is 346 g/mol. The quantitative estimate of drug-likeness (QED) is 0.734. The van der Waals surface area contributed by atoms with E-state index in [0.717, 1.165) is 31.5 Å². The van der Waals surface area contributed by atoms with Crippen LogP contribution < -0.4 is 16.0 Å². The van der Waals surface area contributed by atoms with Gasteiger partial charge in [0.2, 0.25) is 5.91 Å². The van der Waals surface area contributed by atoms with Gasteiger partial charge in [-0.05, 0) is 31.4 Å². The summed E-state index contributed by atoms with van der Waals surface area (Å²) in [5.41, 5.74) is 1.03. The zero-order valence-electron chi connectivity index (χ0n) is 15.4. The first-order chi connectivity index (χ1) is 12.0. The zero-order valence-corrected chi connectivity index (χ0v) is 15.4. The molecule has 3 N–H and O–H groups in total. The van der Waals surface area contributed by atoms with Gasteiger partial charge < -0.3 is 20.9 Å². The standard InChI is InChI=1S/C19H30N4O2/c1-14(2)17(18(24)23-11-9-16(20-3)10-12-23)22-19(25)21-13-15-7-5-4-6-8-15/h4-8,14,16-17,20H,9-13H2,1-3H3,(H2,21,22,25). The lowest BCUT2D eigenvalue weighted by molar-refractivity contribution is -0.135. The Hall–Kier alpha value is -2.08. The summed E-state index contributed by atoms with van der Waals surface area (Å²) in [6.07, 6.45) is 1.90. The Kier molecular flexibility index (Phi) is 7.25. The van der Waals surface area contributed by atoms with Gasteiger partial charge >= 0.3 is 6.03 Å². The maximum atomic E-state index is 12.8. The van der Waals surface area contributed by atoms with E-state index >= 15 is 0 Å².